The number of nitrogens with one attached hydrogen (secondary N) is 10. The molecule has 4 aliphatic heterocycles. The van der Waals surface area contributed by atoms with E-state index >= 15 is 9.59 Å². The number of para-hydroxylation sites is 1. The number of aromatic amines is 1. The first-order valence-corrected chi connectivity index (χ1v) is 34.0. The van der Waals surface area contributed by atoms with Crippen molar-refractivity contribution in [3.63, 3.8) is 0 Å². The summed E-state index contributed by atoms with van der Waals surface area (Å²) < 4.78 is 0. The highest BCUT2D eigenvalue weighted by Crippen LogP contribution is 2.35. The summed E-state index contributed by atoms with van der Waals surface area (Å²) in [6.07, 6.45) is -3.64. The fourth-order valence-electron chi connectivity index (χ4n) is 11.7. The third kappa shape index (κ3) is 19.5. The van der Waals surface area contributed by atoms with Gasteiger partial charge in [0.1, 0.15) is 24.2 Å². The molecule has 2 unspecified atom stereocenters. The Morgan fingerprint density at radius 1 is 0.758 bits per heavy atom. The summed E-state index contributed by atoms with van der Waals surface area (Å²) in [5.74, 6) is -15.3. The lowest BCUT2D eigenvalue weighted by Crippen LogP contribution is -2.56. The molecular formula is C64H86N12O17S2. The minimum Gasteiger partial charge on any atom is -0.394 e. The number of fused-ring (bicyclic) bond motifs is 5. The smallest absolute Gasteiger partial charge is 0.246 e. The van der Waals surface area contributed by atoms with Gasteiger partial charge in [-0.15, -0.1) is 11.8 Å². The van der Waals surface area contributed by atoms with Crippen LogP contribution in [0, 0.1) is 29.6 Å². The zero-order valence-electron chi connectivity index (χ0n) is 54.1. The van der Waals surface area contributed by atoms with E-state index in [1.165, 1.54) is 37.7 Å². The number of imide groups is 1. The number of likely N-dealkylation sites (tertiary alicyclic amines) is 1. The van der Waals surface area contributed by atoms with Crippen molar-refractivity contribution in [3.8, 4) is 0 Å². The maximum atomic E-state index is 15.1. The zero-order valence-corrected chi connectivity index (χ0v) is 55.7. The molecule has 0 aliphatic carbocycles. The molecule has 5 heterocycles. The van der Waals surface area contributed by atoms with E-state index in [0.717, 1.165) is 21.6 Å². The molecule has 13 atom stereocenters. The molecule has 2 fully saturated rings. The number of H-pyrrole nitrogens is 1. The lowest BCUT2D eigenvalue weighted by atomic mass is 9.85. The number of carbonyl (C=O) groups excluding carboxylic acids is 14. The van der Waals surface area contributed by atoms with Crippen LogP contribution in [0.25, 0.3) is 10.9 Å². The van der Waals surface area contributed by atoms with Crippen LogP contribution in [-0.2, 0) is 80.1 Å². The Kier molecular flexibility index (Phi) is 26.5. The van der Waals surface area contributed by atoms with Gasteiger partial charge in [-0.2, -0.15) is 11.8 Å². The Bertz CT molecular complexity index is 3400. The van der Waals surface area contributed by atoms with Gasteiger partial charge in [0.05, 0.1) is 60.2 Å². The Balaban J connectivity index is 1.13. The van der Waals surface area contributed by atoms with Crippen LogP contribution in [0.5, 0.6) is 0 Å². The standard InChI is InChI=1S/C64H86N12O17S2/c1-8-32(4)55-60(90)67-26-51(84)70-43-30-95-62-41(40-11-9-10-12-42(40)71-62)19-36(58(88)66-27-52(85)73-55)20-46(80)56(33(5)47(81)29-77)74-59(89)44-23-39(78)28-76(44)63(92)37(21-45(43)79)22-50(83)65-25-35-13-15-38(16-14-35)69-57(87)34(6)68-61(91)54(31(2)3)72-49(82)17-18-75-53(86)24-48(94-7)64(75)93/h9-16,31-34,36-37,39,43-44,47-48,54-56,71,77-78,81H,8,17-30H2,1-7H3,(H,65,83)(H,66,88)(H,67,90)(H,68,91)(H,69,87)(H,70,84)(H,72,82)(H,73,85)(H,74,89)/t32-,33-,34-,36-,37-,39+,43-,44-,47-,48?,54?,55-,56-/m0/s1. The first kappa shape index (κ1) is 74.1. The molecule has 29 nitrogen and oxygen atoms in total. The number of rotatable bonds is 19. The van der Waals surface area contributed by atoms with Crippen LogP contribution in [0.1, 0.15) is 97.6 Å². The summed E-state index contributed by atoms with van der Waals surface area (Å²) in [4.78, 5) is 200. The van der Waals surface area contributed by atoms with E-state index in [9.17, 15) is 72.9 Å². The van der Waals surface area contributed by atoms with E-state index in [4.69, 9.17) is 0 Å². The lowest BCUT2D eigenvalue weighted by molar-refractivity contribution is -0.145. The fourth-order valence-corrected chi connectivity index (χ4v) is 13.5. The molecule has 2 bridgehead atoms. The van der Waals surface area contributed by atoms with Crippen molar-refractivity contribution in [2.75, 3.05) is 50.1 Å². The van der Waals surface area contributed by atoms with E-state index < -0.39 is 199 Å². The highest BCUT2D eigenvalue weighted by atomic mass is 32.2. The van der Waals surface area contributed by atoms with Crippen molar-refractivity contribution < 1.29 is 82.4 Å². The molecule has 31 heteroatoms. The van der Waals surface area contributed by atoms with Crippen LogP contribution < -0.4 is 47.9 Å². The third-order valence-corrected chi connectivity index (χ3v) is 19.7. The number of hydrogen-bond acceptors (Lipinski definition) is 19. The molecule has 4 aliphatic rings. The molecule has 0 spiro atoms. The predicted octanol–water partition coefficient (Wildman–Crippen LogP) is -1.16. The van der Waals surface area contributed by atoms with Crippen molar-refractivity contribution in [1.29, 1.82) is 0 Å². The maximum Gasteiger partial charge on any atom is 0.246 e. The molecule has 1 aromatic heterocycles. The fraction of sp³-hybridized carbons (Fsp3) is 0.562. The number of benzene rings is 2. The Morgan fingerprint density at radius 2 is 1.44 bits per heavy atom. The minimum atomic E-state index is -1.63. The molecule has 12 amide bonds. The molecule has 3 aromatic rings. The van der Waals surface area contributed by atoms with E-state index in [1.54, 1.807) is 70.3 Å². The first-order valence-electron chi connectivity index (χ1n) is 31.7. The van der Waals surface area contributed by atoms with Gasteiger partial charge in [-0.3, -0.25) is 72.0 Å². The number of aliphatic hydroxyl groups is 3. The number of aliphatic hydroxyl groups excluding tert-OH is 3. The highest BCUT2D eigenvalue weighted by Gasteiger charge is 2.46. The Hall–Kier alpha value is -8.26. The molecule has 95 heavy (non-hydrogen) atoms. The van der Waals surface area contributed by atoms with Crippen LogP contribution in [0.3, 0.4) is 0 Å². The van der Waals surface area contributed by atoms with Crippen molar-refractivity contribution >= 4 is 123 Å². The van der Waals surface area contributed by atoms with Gasteiger partial charge in [-0.1, -0.05) is 71.4 Å². The van der Waals surface area contributed by atoms with Crippen molar-refractivity contribution in [3.05, 3.63) is 59.7 Å². The van der Waals surface area contributed by atoms with Crippen LogP contribution in [-0.4, -0.2) is 211 Å². The number of ketones is 2. The number of hydrogen-bond donors (Lipinski definition) is 13. The second-order valence-corrected chi connectivity index (χ2v) is 27.0. The molecule has 7 rings (SSSR count). The predicted molar refractivity (Wildman–Crippen MR) is 348 cm³/mol. The molecule has 2 saturated heterocycles. The molecule has 0 saturated carbocycles. The van der Waals surface area contributed by atoms with Gasteiger partial charge < -0.3 is 73.1 Å². The topological polar surface area (TPSA) is 430 Å². The van der Waals surface area contributed by atoms with E-state index in [2.05, 4.69) is 52.8 Å². The normalized spacial score (nSPS) is 24.6. The van der Waals surface area contributed by atoms with Gasteiger partial charge in [0.15, 0.2) is 11.6 Å². The summed E-state index contributed by atoms with van der Waals surface area (Å²) in [5.41, 5.74) is 1.86. The van der Waals surface area contributed by atoms with E-state index in [0.29, 0.717) is 39.2 Å². The lowest BCUT2D eigenvalue weighted by Gasteiger charge is -2.32. The Labute approximate surface area is 557 Å². The van der Waals surface area contributed by atoms with Crippen LogP contribution in [0.4, 0.5) is 5.69 Å². The van der Waals surface area contributed by atoms with Crippen LogP contribution in [0.2, 0.25) is 0 Å². The zero-order chi connectivity index (χ0) is 69.5. The number of aromatic nitrogens is 1. The monoisotopic (exact) mass is 1360 g/mol. The second-order valence-electron chi connectivity index (χ2n) is 25.0. The van der Waals surface area contributed by atoms with Gasteiger partial charge in [-0.05, 0) is 60.8 Å². The molecule has 2 aromatic carbocycles. The molecular weight excluding hydrogens is 1270 g/mol. The Morgan fingerprint density at radius 3 is 2.11 bits per heavy atom. The van der Waals surface area contributed by atoms with Crippen LogP contribution >= 0.6 is 23.5 Å². The minimum absolute atomic E-state index is 0.0439. The number of nitrogens with zero attached hydrogens (tertiary/aromatic N) is 2. The molecule has 516 valence electrons. The maximum absolute atomic E-state index is 15.1. The highest BCUT2D eigenvalue weighted by molar-refractivity contribution is 8.00. The number of thioether (sulfide) groups is 2. The van der Waals surface area contributed by atoms with Gasteiger partial charge >= 0.3 is 0 Å². The largest absolute Gasteiger partial charge is 0.394 e. The van der Waals surface area contributed by atoms with Gasteiger partial charge in [0, 0.05) is 92.3 Å². The number of Topliss-reactive ketones (excluding diaryl/α,β-unsaturated/α-hetero) is 2. The van der Waals surface area contributed by atoms with Crippen molar-refractivity contribution in [2.24, 2.45) is 29.6 Å². The first-order chi connectivity index (χ1) is 45.1. The molecule has 13 N–H and O–H groups in total. The summed E-state index contributed by atoms with van der Waals surface area (Å²) >= 11 is 2.31. The van der Waals surface area contributed by atoms with Crippen molar-refractivity contribution in [2.45, 2.75) is 158 Å². The summed E-state index contributed by atoms with van der Waals surface area (Å²) in [6.45, 7) is 6.72. The van der Waals surface area contributed by atoms with Crippen LogP contribution in [0.15, 0.2) is 53.6 Å². The van der Waals surface area contributed by atoms with Crippen molar-refractivity contribution in [1.82, 2.24) is 57.3 Å². The van der Waals surface area contributed by atoms with Gasteiger partial charge in [0.2, 0.25) is 70.9 Å². The second kappa shape index (κ2) is 33.9. The summed E-state index contributed by atoms with van der Waals surface area (Å²) in [7, 11) is 0. The number of carbonyl (C=O) groups is 14. The van der Waals surface area contributed by atoms with Gasteiger partial charge in [0.25, 0.3) is 0 Å². The van der Waals surface area contributed by atoms with E-state index in [1.807, 2.05) is 0 Å². The third-order valence-electron chi connectivity index (χ3n) is 17.7. The average molecular weight is 1360 g/mol. The van der Waals surface area contributed by atoms with E-state index in [-0.39, 0.29) is 56.3 Å². The summed E-state index contributed by atoms with van der Waals surface area (Å²) in [6, 6.07) is 5.19. The number of amides is 12. The number of anilines is 1. The summed E-state index contributed by atoms with van der Waals surface area (Å²) in [5, 5.41) is 56.5. The quantitative estimate of drug-likeness (QED) is 0.0629. The molecule has 0 radical (unpaired) electrons. The average Bonchev–Trinajstić information content (AvgIpc) is 1.70. The SMILES string of the molecule is CC[C@H](C)[C@@H]1NC(=O)CNC(=O)[C@@H]2CC(=O)[C@H]([C@@H](C)[C@@H](O)CO)NC(=O)[C@@H]3C[C@@H](O)CN3C(=O)[C@H](CC(=O)NCc3ccc(NC(=O)[C@H](C)NC(=O)C(NC(=O)CCN4C(=O)CC(SC)C4=O)C(C)C)cc3)CC(=O)[C@H](CSc3[nH]c4ccccc4c3C2)NC(=O)CNC1=O. The van der Waals surface area contributed by atoms with Gasteiger partial charge in [-0.25, -0.2) is 0 Å².